The monoisotopic (exact) mass is 253 g/mol. The van der Waals surface area contributed by atoms with Gasteiger partial charge in [0.1, 0.15) is 0 Å². The van der Waals surface area contributed by atoms with Crippen LogP contribution >= 0.6 is 0 Å². The first-order valence-corrected chi connectivity index (χ1v) is 7.09. The molecule has 19 heavy (non-hydrogen) atoms. The summed E-state index contributed by atoms with van der Waals surface area (Å²) >= 11 is 0. The van der Waals surface area contributed by atoms with E-state index in [2.05, 4.69) is 73.8 Å². The molecule has 0 fully saturated rings. The molecule has 1 heteroatoms. The average molecular weight is 253 g/mol. The fraction of sp³-hybridized carbons (Fsp3) is 0.333. The van der Waals surface area contributed by atoms with Crippen molar-refractivity contribution in [2.75, 3.05) is 7.05 Å². The fourth-order valence-electron chi connectivity index (χ4n) is 2.70. The molecular formula is C18H23N. The summed E-state index contributed by atoms with van der Waals surface area (Å²) in [4.78, 5) is 0. The van der Waals surface area contributed by atoms with Crippen LogP contribution in [0.15, 0.2) is 54.6 Å². The minimum atomic E-state index is 0.383. The van der Waals surface area contributed by atoms with Crippen molar-refractivity contribution in [1.29, 1.82) is 0 Å². The predicted octanol–water partition coefficient (Wildman–Crippen LogP) is 4.51. The van der Waals surface area contributed by atoms with Crippen LogP contribution in [0.1, 0.15) is 48.9 Å². The van der Waals surface area contributed by atoms with Crippen LogP contribution < -0.4 is 5.32 Å². The molecule has 0 aromatic heterocycles. The van der Waals surface area contributed by atoms with Gasteiger partial charge in [-0.3, -0.25) is 0 Å². The van der Waals surface area contributed by atoms with Gasteiger partial charge in [0, 0.05) is 12.0 Å². The van der Waals surface area contributed by atoms with Crippen molar-refractivity contribution < 1.29 is 0 Å². The van der Waals surface area contributed by atoms with Crippen molar-refractivity contribution in [3.8, 4) is 0 Å². The summed E-state index contributed by atoms with van der Waals surface area (Å²) in [7, 11) is 2.02. The van der Waals surface area contributed by atoms with Gasteiger partial charge in [-0.25, -0.2) is 0 Å². The highest BCUT2D eigenvalue weighted by atomic mass is 14.9. The van der Waals surface area contributed by atoms with Gasteiger partial charge in [-0.1, -0.05) is 61.5 Å². The molecule has 0 saturated heterocycles. The lowest BCUT2D eigenvalue weighted by Crippen LogP contribution is -2.16. The third-order valence-electron chi connectivity index (χ3n) is 3.88. The zero-order chi connectivity index (χ0) is 13.7. The molecule has 2 aromatic rings. The number of hydrogen-bond donors (Lipinski definition) is 1. The first-order valence-electron chi connectivity index (χ1n) is 7.09. The lowest BCUT2D eigenvalue weighted by Gasteiger charge is -2.23. The Morgan fingerprint density at radius 2 is 1.47 bits per heavy atom. The van der Waals surface area contributed by atoms with E-state index in [1.165, 1.54) is 16.7 Å². The lowest BCUT2D eigenvalue weighted by molar-refractivity contribution is 0.633. The molecule has 100 valence electrons. The minimum absolute atomic E-state index is 0.383. The van der Waals surface area contributed by atoms with E-state index in [4.69, 9.17) is 0 Å². The number of hydrogen-bond acceptors (Lipinski definition) is 1. The lowest BCUT2D eigenvalue weighted by atomic mass is 9.84. The Labute approximate surface area is 116 Å². The van der Waals surface area contributed by atoms with Crippen molar-refractivity contribution in [3.05, 3.63) is 71.3 Å². The first-order chi connectivity index (χ1) is 9.27. The van der Waals surface area contributed by atoms with E-state index >= 15 is 0 Å². The molecular weight excluding hydrogens is 230 g/mol. The maximum Gasteiger partial charge on any atom is 0.0291 e. The fourth-order valence-corrected chi connectivity index (χ4v) is 2.70. The van der Waals surface area contributed by atoms with E-state index in [9.17, 15) is 0 Å². The molecule has 2 aromatic carbocycles. The molecule has 0 radical (unpaired) electrons. The summed E-state index contributed by atoms with van der Waals surface area (Å²) in [5, 5.41) is 3.35. The van der Waals surface area contributed by atoms with Gasteiger partial charge in [-0.15, -0.1) is 0 Å². The molecule has 0 bridgehead atoms. The quantitative estimate of drug-likeness (QED) is 0.826. The van der Waals surface area contributed by atoms with Gasteiger partial charge in [0.25, 0.3) is 0 Å². The number of benzene rings is 2. The van der Waals surface area contributed by atoms with Crippen molar-refractivity contribution >= 4 is 0 Å². The summed E-state index contributed by atoms with van der Waals surface area (Å²) in [6.45, 7) is 4.48. The zero-order valence-electron chi connectivity index (χ0n) is 12.1. The number of nitrogens with one attached hydrogen (secondary N) is 1. The van der Waals surface area contributed by atoms with Crippen LogP contribution in [-0.2, 0) is 0 Å². The molecule has 1 nitrogen and oxygen atoms in total. The number of rotatable bonds is 5. The van der Waals surface area contributed by atoms with Gasteiger partial charge in [-0.05, 0) is 37.1 Å². The van der Waals surface area contributed by atoms with Gasteiger partial charge in [0.15, 0.2) is 0 Å². The van der Waals surface area contributed by atoms with Crippen LogP contribution in [-0.4, -0.2) is 7.05 Å². The van der Waals surface area contributed by atoms with Gasteiger partial charge >= 0.3 is 0 Å². The Balaban J connectivity index is 2.44. The topological polar surface area (TPSA) is 12.0 Å². The average Bonchev–Trinajstić information content (AvgIpc) is 2.49. The van der Waals surface area contributed by atoms with E-state index in [1.54, 1.807) is 0 Å². The van der Waals surface area contributed by atoms with Crippen molar-refractivity contribution in [3.63, 3.8) is 0 Å². The van der Waals surface area contributed by atoms with Crippen LogP contribution in [0.4, 0.5) is 0 Å². The predicted molar refractivity (Wildman–Crippen MR) is 82.5 cm³/mol. The molecule has 0 aliphatic carbocycles. The summed E-state index contributed by atoms with van der Waals surface area (Å²) < 4.78 is 0. The second kappa shape index (κ2) is 6.53. The van der Waals surface area contributed by atoms with Crippen molar-refractivity contribution in [1.82, 2.24) is 5.32 Å². The molecule has 1 N–H and O–H groups in total. The third kappa shape index (κ3) is 3.05. The van der Waals surface area contributed by atoms with Gasteiger partial charge in [0.05, 0.1) is 0 Å². The van der Waals surface area contributed by atoms with Crippen LogP contribution in [0.3, 0.4) is 0 Å². The Bertz CT molecular complexity index is 504. The van der Waals surface area contributed by atoms with E-state index in [0.29, 0.717) is 12.0 Å². The first kappa shape index (κ1) is 13.8. The molecule has 0 amide bonds. The zero-order valence-corrected chi connectivity index (χ0v) is 12.1. The summed E-state index contributed by atoms with van der Waals surface area (Å²) in [6.07, 6.45) is 1.12. The van der Waals surface area contributed by atoms with E-state index in [1.807, 2.05) is 7.05 Å². The summed E-state index contributed by atoms with van der Waals surface area (Å²) in [5.74, 6) is 0.480. The second-order valence-electron chi connectivity index (χ2n) is 5.01. The highest BCUT2D eigenvalue weighted by Crippen LogP contribution is 2.32. The second-order valence-corrected chi connectivity index (χ2v) is 5.01. The normalized spacial score (nSPS) is 14.1. The maximum absolute atomic E-state index is 3.35. The summed E-state index contributed by atoms with van der Waals surface area (Å²) in [5.41, 5.74) is 4.25. The van der Waals surface area contributed by atoms with Crippen LogP contribution in [0.2, 0.25) is 0 Å². The molecule has 2 unspecified atom stereocenters. The Morgan fingerprint density at radius 1 is 0.895 bits per heavy atom. The Morgan fingerprint density at radius 3 is 2.05 bits per heavy atom. The molecule has 0 aliphatic heterocycles. The van der Waals surface area contributed by atoms with Crippen LogP contribution in [0.25, 0.3) is 0 Å². The summed E-state index contributed by atoms with van der Waals surface area (Å²) in [6, 6.07) is 20.0. The molecule has 0 spiro atoms. The molecule has 0 saturated carbocycles. The highest BCUT2D eigenvalue weighted by molar-refractivity contribution is 5.39. The third-order valence-corrected chi connectivity index (χ3v) is 3.88. The SMILES string of the molecule is CCC(c1ccccc1)c1ccccc1C(C)NC. The van der Waals surface area contributed by atoms with Gasteiger partial charge in [-0.2, -0.15) is 0 Å². The largest absolute Gasteiger partial charge is 0.313 e. The smallest absolute Gasteiger partial charge is 0.0291 e. The van der Waals surface area contributed by atoms with Crippen LogP contribution in [0, 0.1) is 0 Å². The molecule has 0 heterocycles. The Hall–Kier alpha value is -1.60. The Kier molecular flexibility index (Phi) is 4.75. The molecule has 2 atom stereocenters. The highest BCUT2D eigenvalue weighted by Gasteiger charge is 2.17. The van der Waals surface area contributed by atoms with Crippen LogP contribution in [0.5, 0.6) is 0 Å². The van der Waals surface area contributed by atoms with E-state index in [-0.39, 0.29) is 0 Å². The minimum Gasteiger partial charge on any atom is -0.313 e. The van der Waals surface area contributed by atoms with Crippen molar-refractivity contribution in [2.24, 2.45) is 0 Å². The van der Waals surface area contributed by atoms with Gasteiger partial charge < -0.3 is 5.32 Å². The van der Waals surface area contributed by atoms with Gasteiger partial charge in [0.2, 0.25) is 0 Å². The maximum atomic E-state index is 3.35. The van der Waals surface area contributed by atoms with E-state index in [0.717, 1.165) is 6.42 Å². The van der Waals surface area contributed by atoms with E-state index < -0.39 is 0 Å². The van der Waals surface area contributed by atoms with Crippen molar-refractivity contribution in [2.45, 2.75) is 32.2 Å². The standard InChI is InChI=1S/C18H23N/c1-4-16(15-10-6-5-7-11-15)18-13-9-8-12-17(18)14(2)19-3/h5-14,16,19H,4H2,1-3H3. The molecule has 2 rings (SSSR count). The molecule has 0 aliphatic rings.